The highest BCUT2D eigenvalue weighted by molar-refractivity contribution is 5.94. The zero-order valence-electron chi connectivity index (χ0n) is 16.7. The van der Waals surface area contributed by atoms with Crippen molar-refractivity contribution in [1.29, 1.82) is 0 Å². The van der Waals surface area contributed by atoms with Crippen molar-refractivity contribution < 1.29 is 18.7 Å². The second-order valence-electron chi connectivity index (χ2n) is 7.10. The third-order valence-corrected chi connectivity index (χ3v) is 4.77. The van der Waals surface area contributed by atoms with E-state index in [1.54, 1.807) is 22.9 Å². The van der Waals surface area contributed by atoms with E-state index in [1.165, 1.54) is 12.1 Å². The molecule has 2 heterocycles. The summed E-state index contributed by atoms with van der Waals surface area (Å²) in [4.78, 5) is 15.5. The Hall–Kier alpha value is -4.07. The fraction of sp³-hybridized carbons (Fsp3) is 0.0870. The molecule has 0 saturated heterocycles. The van der Waals surface area contributed by atoms with Crippen LogP contribution in [-0.2, 0) is 0 Å². The maximum absolute atomic E-state index is 13.5. The molecule has 0 atom stereocenters. The fourth-order valence-corrected chi connectivity index (χ4v) is 3.19. The van der Waals surface area contributed by atoms with Crippen LogP contribution >= 0.6 is 0 Å². The molecule has 156 valence electrons. The summed E-state index contributed by atoms with van der Waals surface area (Å²) in [5, 5.41) is 17.1. The van der Waals surface area contributed by atoms with Gasteiger partial charge in [0.15, 0.2) is 0 Å². The molecular formula is C23H18F2N4O2. The Balaban J connectivity index is 1.87. The lowest BCUT2D eigenvalue weighted by Gasteiger charge is -2.13. The van der Waals surface area contributed by atoms with Crippen LogP contribution in [0.2, 0.25) is 0 Å². The van der Waals surface area contributed by atoms with Gasteiger partial charge >= 0.3 is 5.97 Å². The number of aromatic carboxylic acids is 1. The Morgan fingerprint density at radius 3 is 2.45 bits per heavy atom. The SMILES string of the molecule is Cc1ccc(C)c(-n2nc(-c3ccc(F)cc3)cc2Nc2ncc(F)cc2C(=O)O)c1. The number of pyridine rings is 1. The first-order valence-electron chi connectivity index (χ1n) is 9.41. The number of carboxylic acids is 1. The fourth-order valence-electron chi connectivity index (χ4n) is 3.19. The van der Waals surface area contributed by atoms with Gasteiger partial charge in [-0.3, -0.25) is 0 Å². The van der Waals surface area contributed by atoms with Crippen LogP contribution in [0.3, 0.4) is 0 Å². The highest BCUT2D eigenvalue weighted by Crippen LogP contribution is 2.29. The lowest BCUT2D eigenvalue weighted by molar-refractivity contribution is 0.0697. The minimum absolute atomic E-state index is 0.0222. The minimum Gasteiger partial charge on any atom is -0.478 e. The first kappa shape index (κ1) is 20.2. The van der Waals surface area contributed by atoms with Gasteiger partial charge in [0.1, 0.15) is 28.8 Å². The Morgan fingerprint density at radius 2 is 1.74 bits per heavy atom. The van der Waals surface area contributed by atoms with Crippen molar-refractivity contribution in [2.24, 2.45) is 0 Å². The lowest BCUT2D eigenvalue weighted by Crippen LogP contribution is -2.09. The number of carbonyl (C=O) groups is 1. The van der Waals surface area contributed by atoms with Crippen LogP contribution in [-0.4, -0.2) is 25.8 Å². The predicted octanol–water partition coefficient (Wildman–Crippen LogP) is 5.27. The molecule has 8 heteroatoms. The van der Waals surface area contributed by atoms with Crippen molar-refractivity contribution in [2.75, 3.05) is 5.32 Å². The summed E-state index contributed by atoms with van der Waals surface area (Å²) in [6.07, 6.45) is 0.939. The van der Waals surface area contributed by atoms with Crippen LogP contribution < -0.4 is 5.32 Å². The summed E-state index contributed by atoms with van der Waals surface area (Å²) in [6.45, 7) is 3.88. The molecule has 0 aliphatic heterocycles. The number of aryl methyl sites for hydroxylation is 2. The molecule has 31 heavy (non-hydrogen) atoms. The van der Waals surface area contributed by atoms with Crippen molar-refractivity contribution in [1.82, 2.24) is 14.8 Å². The van der Waals surface area contributed by atoms with E-state index >= 15 is 0 Å². The van der Waals surface area contributed by atoms with Crippen molar-refractivity contribution in [2.45, 2.75) is 13.8 Å². The van der Waals surface area contributed by atoms with Crippen molar-refractivity contribution >= 4 is 17.6 Å². The zero-order chi connectivity index (χ0) is 22.1. The third-order valence-electron chi connectivity index (χ3n) is 4.77. The molecule has 2 N–H and O–H groups in total. The zero-order valence-corrected chi connectivity index (χ0v) is 16.7. The third kappa shape index (κ3) is 4.13. The van der Waals surface area contributed by atoms with Gasteiger partial charge in [0.2, 0.25) is 0 Å². The number of anilines is 2. The van der Waals surface area contributed by atoms with Crippen LogP contribution in [0.25, 0.3) is 16.9 Å². The topological polar surface area (TPSA) is 80.0 Å². The van der Waals surface area contributed by atoms with Crippen LogP contribution in [0.4, 0.5) is 20.4 Å². The van der Waals surface area contributed by atoms with Gasteiger partial charge in [-0.25, -0.2) is 23.2 Å². The quantitative estimate of drug-likeness (QED) is 0.460. The standard InChI is InChI=1S/C23H18F2N4O2/c1-13-3-4-14(2)20(9-13)29-21(11-19(28-29)15-5-7-16(24)8-6-15)27-22-18(23(30)31)10-17(25)12-26-22/h3-12H,1-2H3,(H,26,27)(H,30,31). The van der Waals surface area contributed by atoms with Gasteiger partial charge in [-0.15, -0.1) is 0 Å². The molecule has 0 amide bonds. The molecule has 0 unspecified atom stereocenters. The molecule has 2 aromatic carbocycles. The molecule has 0 aliphatic carbocycles. The summed E-state index contributed by atoms with van der Waals surface area (Å²) in [5.41, 5.74) is 3.64. The van der Waals surface area contributed by atoms with Gasteiger partial charge in [-0.05, 0) is 61.4 Å². The average Bonchev–Trinajstić information content (AvgIpc) is 3.15. The smallest absolute Gasteiger partial charge is 0.339 e. The highest BCUT2D eigenvalue weighted by atomic mass is 19.1. The van der Waals surface area contributed by atoms with Gasteiger partial charge < -0.3 is 10.4 Å². The number of hydrogen-bond donors (Lipinski definition) is 2. The lowest BCUT2D eigenvalue weighted by atomic mass is 10.1. The van der Waals surface area contributed by atoms with Gasteiger partial charge in [-0.2, -0.15) is 5.10 Å². The average molecular weight is 420 g/mol. The number of halogens is 2. The highest BCUT2D eigenvalue weighted by Gasteiger charge is 2.18. The van der Waals surface area contributed by atoms with E-state index in [0.717, 1.165) is 29.1 Å². The van der Waals surface area contributed by atoms with Crippen molar-refractivity contribution in [3.05, 3.63) is 89.1 Å². The van der Waals surface area contributed by atoms with Crippen LogP contribution in [0.15, 0.2) is 60.8 Å². The molecule has 6 nitrogen and oxygen atoms in total. The van der Waals surface area contributed by atoms with Gasteiger partial charge in [0.05, 0.1) is 17.6 Å². The summed E-state index contributed by atoms with van der Waals surface area (Å²) >= 11 is 0. The van der Waals surface area contributed by atoms with Crippen molar-refractivity contribution in [3.8, 4) is 16.9 Å². The second-order valence-corrected chi connectivity index (χ2v) is 7.10. The number of hydrogen-bond acceptors (Lipinski definition) is 4. The number of rotatable bonds is 5. The molecule has 4 rings (SSSR count). The molecule has 0 radical (unpaired) electrons. The molecule has 0 fully saturated rings. The van der Waals surface area contributed by atoms with E-state index in [-0.39, 0.29) is 17.2 Å². The number of aromatic nitrogens is 3. The number of carboxylic acid groups (broad SMARTS) is 1. The van der Waals surface area contributed by atoms with E-state index in [0.29, 0.717) is 17.1 Å². The van der Waals surface area contributed by atoms with Crippen molar-refractivity contribution in [3.63, 3.8) is 0 Å². The molecule has 0 bridgehead atoms. The Morgan fingerprint density at radius 1 is 1.00 bits per heavy atom. The Bertz CT molecular complexity index is 1280. The maximum atomic E-state index is 13.5. The summed E-state index contributed by atoms with van der Waals surface area (Å²) < 4.78 is 28.5. The Kier molecular flexibility index (Phi) is 5.21. The molecule has 2 aromatic heterocycles. The van der Waals surface area contributed by atoms with E-state index < -0.39 is 11.8 Å². The summed E-state index contributed by atoms with van der Waals surface area (Å²) in [6, 6.07) is 14.3. The second kappa shape index (κ2) is 7.98. The van der Waals surface area contributed by atoms with E-state index in [4.69, 9.17) is 0 Å². The number of nitrogens with zero attached hydrogens (tertiary/aromatic N) is 3. The summed E-state index contributed by atoms with van der Waals surface area (Å²) in [5.74, 6) is -2.03. The van der Waals surface area contributed by atoms with Gasteiger partial charge in [0, 0.05) is 11.6 Å². The minimum atomic E-state index is -1.31. The van der Waals surface area contributed by atoms with Crippen LogP contribution in [0, 0.1) is 25.5 Å². The van der Waals surface area contributed by atoms with Gasteiger partial charge in [-0.1, -0.05) is 12.1 Å². The summed E-state index contributed by atoms with van der Waals surface area (Å²) in [7, 11) is 0. The molecule has 0 saturated carbocycles. The molecular weight excluding hydrogens is 402 g/mol. The molecule has 0 aliphatic rings. The largest absolute Gasteiger partial charge is 0.478 e. The van der Waals surface area contributed by atoms with E-state index in [9.17, 15) is 18.7 Å². The van der Waals surface area contributed by atoms with Crippen LogP contribution in [0.1, 0.15) is 21.5 Å². The first-order valence-corrected chi connectivity index (χ1v) is 9.41. The van der Waals surface area contributed by atoms with Crippen LogP contribution in [0.5, 0.6) is 0 Å². The first-order chi connectivity index (χ1) is 14.8. The predicted molar refractivity (Wildman–Crippen MR) is 113 cm³/mol. The molecule has 0 spiro atoms. The normalized spacial score (nSPS) is 10.8. The van der Waals surface area contributed by atoms with E-state index in [2.05, 4.69) is 15.4 Å². The monoisotopic (exact) mass is 420 g/mol. The van der Waals surface area contributed by atoms with E-state index in [1.807, 2.05) is 32.0 Å². The number of benzene rings is 2. The molecule has 4 aromatic rings. The maximum Gasteiger partial charge on any atom is 0.339 e. The number of nitrogens with one attached hydrogen (secondary N) is 1. The Labute approximate surface area is 176 Å². The van der Waals surface area contributed by atoms with Gasteiger partial charge in [0.25, 0.3) is 0 Å².